The summed E-state index contributed by atoms with van der Waals surface area (Å²) in [4.78, 5) is 11.3. The smallest absolute Gasteiger partial charge is 0.350 e. The number of hydrogen-bond acceptors (Lipinski definition) is 5. The lowest BCUT2D eigenvalue weighted by Gasteiger charge is -2.07. The summed E-state index contributed by atoms with van der Waals surface area (Å²) < 4.78 is 27.7. The van der Waals surface area contributed by atoms with Crippen LogP contribution in [0.2, 0.25) is 0 Å². The lowest BCUT2D eigenvalue weighted by Crippen LogP contribution is -2.12. The van der Waals surface area contributed by atoms with Crippen LogP contribution in [0.5, 0.6) is 0 Å². The van der Waals surface area contributed by atoms with Crippen molar-refractivity contribution >= 4 is 53.0 Å². The van der Waals surface area contributed by atoms with Gasteiger partial charge in [-0.15, -0.1) is 11.3 Å². The predicted molar refractivity (Wildman–Crippen MR) is 65.6 cm³/mol. The summed E-state index contributed by atoms with van der Waals surface area (Å²) in [6.45, 7) is 3.35. The quantitative estimate of drug-likeness (QED) is 0.623. The Balaban J connectivity index is 3.22. The van der Waals surface area contributed by atoms with Gasteiger partial charge in [0.15, 0.2) is 0 Å². The van der Waals surface area contributed by atoms with Crippen molar-refractivity contribution in [2.75, 3.05) is 0 Å². The van der Waals surface area contributed by atoms with Crippen molar-refractivity contribution in [1.29, 1.82) is 0 Å². The molecule has 4 nitrogen and oxygen atoms in total. The molecule has 0 bridgehead atoms. The van der Waals surface area contributed by atoms with E-state index in [-0.39, 0.29) is 20.3 Å². The van der Waals surface area contributed by atoms with Gasteiger partial charge in [-0.1, -0.05) is 0 Å². The van der Waals surface area contributed by atoms with E-state index < -0.39 is 15.0 Å². The monoisotopic (exact) mass is 346 g/mol. The van der Waals surface area contributed by atoms with Crippen LogP contribution in [0, 0.1) is 0 Å². The first-order valence-electron chi connectivity index (χ1n) is 4.16. The third-order valence-corrected chi connectivity index (χ3v) is 5.13. The fourth-order valence-electron chi connectivity index (χ4n) is 0.962. The van der Waals surface area contributed by atoms with E-state index in [1.165, 1.54) is 5.38 Å². The van der Waals surface area contributed by atoms with Gasteiger partial charge in [-0.05, 0) is 29.8 Å². The molecule has 0 amide bonds. The van der Waals surface area contributed by atoms with E-state index in [1.807, 2.05) is 0 Å². The summed E-state index contributed by atoms with van der Waals surface area (Å²) in [5, 5.41) is 1.48. The molecular weight excluding hydrogens is 340 g/mol. The van der Waals surface area contributed by atoms with Crippen LogP contribution in [0.1, 0.15) is 23.5 Å². The minimum Gasteiger partial charge on any atom is -0.459 e. The van der Waals surface area contributed by atoms with E-state index in [1.54, 1.807) is 13.8 Å². The van der Waals surface area contributed by atoms with Crippen molar-refractivity contribution in [2.24, 2.45) is 0 Å². The molecule has 0 N–H and O–H groups in total. The summed E-state index contributed by atoms with van der Waals surface area (Å²) >= 11 is 3.99. The highest BCUT2D eigenvalue weighted by Gasteiger charge is 2.27. The highest BCUT2D eigenvalue weighted by atomic mass is 79.9. The van der Waals surface area contributed by atoms with E-state index in [4.69, 9.17) is 15.4 Å². The number of rotatable bonds is 3. The van der Waals surface area contributed by atoms with Crippen LogP contribution >= 0.6 is 37.9 Å². The van der Waals surface area contributed by atoms with Crippen LogP contribution in [0.25, 0.3) is 0 Å². The molecule has 0 aliphatic rings. The minimum absolute atomic E-state index is 0.0180. The van der Waals surface area contributed by atoms with Crippen LogP contribution in [0.15, 0.2) is 14.7 Å². The molecule has 0 saturated heterocycles. The van der Waals surface area contributed by atoms with Gasteiger partial charge < -0.3 is 4.74 Å². The van der Waals surface area contributed by atoms with Crippen LogP contribution < -0.4 is 0 Å². The number of carbonyl (C=O) groups is 1. The normalized spacial score (nSPS) is 11.8. The SMILES string of the molecule is CC(C)OC(=O)c1scc(Br)c1S(=O)(=O)Cl. The summed E-state index contributed by atoms with van der Waals surface area (Å²) in [5.41, 5.74) is 0. The third kappa shape index (κ3) is 3.19. The first-order chi connectivity index (χ1) is 7.23. The zero-order valence-corrected chi connectivity index (χ0v) is 12.3. The topological polar surface area (TPSA) is 60.4 Å². The number of halogens is 2. The van der Waals surface area contributed by atoms with Gasteiger partial charge in [0.2, 0.25) is 0 Å². The van der Waals surface area contributed by atoms with Crippen molar-refractivity contribution in [3.63, 3.8) is 0 Å². The van der Waals surface area contributed by atoms with Crippen molar-refractivity contribution in [2.45, 2.75) is 24.8 Å². The molecule has 0 atom stereocenters. The lowest BCUT2D eigenvalue weighted by atomic mass is 10.4. The Morgan fingerprint density at radius 3 is 2.56 bits per heavy atom. The van der Waals surface area contributed by atoms with Gasteiger partial charge in [-0.3, -0.25) is 0 Å². The second kappa shape index (κ2) is 5.03. The van der Waals surface area contributed by atoms with Gasteiger partial charge in [-0.25, -0.2) is 13.2 Å². The molecule has 90 valence electrons. The first kappa shape index (κ1) is 14.0. The van der Waals surface area contributed by atoms with Crippen molar-refractivity contribution in [3.8, 4) is 0 Å². The van der Waals surface area contributed by atoms with Crippen molar-refractivity contribution in [1.82, 2.24) is 0 Å². The molecule has 0 aliphatic heterocycles. The van der Waals surface area contributed by atoms with Crippen LogP contribution in [0.4, 0.5) is 0 Å². The number of ether oxygens (including phenoxy) is 1. The molecule has 0 aromatic carbocycles. The second-order valence-corrected chi connectivity index (χ2v) is 7.37. The Labute approximate surface area is 110 Å². The third-order valence-electron chi connectivity index (χ3n) is 1.48. The molecule has 1 heterocycles. The molecule has 0 aliphatic carbocycles. The first-order valence-corrected chi connectivity index (χ1v) is 8.14. The fourth-order valence-corrected chi connectivity index (χ4v) is 4.95. The van der Waals surface area contributed by atoms with E-state index in [0.717, 1.165) is 11.3 Å². The van der Waals surface area contributed by atoms with E-state index in [2.05, 4.69) is 15.9 Å². The minimum atomic E-state index is -3.97. The zero-order valence-electron chi connectivity index (χ0n) is 8.36. The van der Waals surface area contributed by atoms with E-state index >= 15 is 0 Å². The van der Waals surface area contributed by atoms with Gasteiger partial charge in [0, 0.05) is 20.5 Å². The number of thiophene rings is 1. The molecule has 16 heavy (non-hydrogen) atoms. The fraction of sp³-hybridized carbons (Fsp3) is 0.375. The Hall–Kier alpha value is -0.110. The highest BCUT2D eigenvalue weighted by molar-refractivity contribution is 9.10. The molecule has 0 spiro atoms. The molecular formula is C8H8BrClO4S2. The lowest BCUT2D eigenvalue weighted by molar-refractivity contribution is 0.0379. The van der Waals surface area contributed by atoms with Gasteiger partial charge >= 0.3 is 5.97 Å². The Bertz CT molecular complexity index is 506. The molecule has 1 aromatic heterocycles. The molecule has 0 fully saturated rings. The van der Waals surface area contributed by atoms with Gasteiger partial charge in [0.05, 0.1) is 6.10 Å². The van der Waals surface area contributed by atoms with Gasteiger partial charge in [0.1, 0.15) is 9.77 Å². The molecule has 0 radical (unpaired) electrons. The van der Waals surface area contributed by atoms with Crippen molar-refractivity contribution in [3.05, 3.63) is 14.7 Å². The molecule has 8 heteroatoms. The Morgan fingerprint density at radius 2 is 2.12 bits per heavy atom. The largest absolute Gasteiger partial charge is 0.459 e. The Kier molecular flexibility index (Phi) is 4.39. The van der Waals surface area contributed by atoms with Crippen molar-refractivity contribution < 1.29 is 17.9 Å². The van der Waals surface area contributed by atoms with Gasteiger partial charge in [-0.2, -0.15) is 0 Å². The number of carbonyl (C=O) groups excluding carboxylic acids is 1. The van der Waals surface area contributed by atoms with Crippen LogP contribution in [-0.4, -0.2) is 20.5 Å². The summed E-state index contributed by atoms with van der Waals surface area (Å²) in [6, 6.07) is 0. The van der Waals surface area contributed by atoms with Crippen LogP contribution in [0.3, 0.4) is 0 Å². The number of esters is 1. The second-order valence-electron chi connectivity index (χ2n) is 3.13. The summed E-state index contributed by atoms with van der Waals surface area (Å²) in [7, 11) is 1.27. The maximum atomic E-state index is 11.6. The van der Waals surface area contributed by atoms with E-state index in [0.29, 0.717) is 0 Å². The Morgan fingerprint density at radius 1 is 1.56 bits per heavy atom. The van der Waals surface area contributed by atoms with E-state index in [9.17, 15) is 13.2 Å². The maximum absolute atomic E-state index is 11.6. The molecule has 1 aromatic rings. The highest BCUT2D eigenvalue weighted by Crippen LogP contribution is 2.34. The molecule has 0 unspecified atom stereocenters. The average molecular weight is 348 g/mol. The standard InChI is InChI=1S/C8H8BrClO4S2/c1-4(2)14-8(11)6-7(16(10,12)13)5(9)3-15-6/h3-4H,1-2H3. The predicted octanol–water partition coefficient (Wildman–Crippen LogP) is 3.00. The average Bonchev–Trinajstić information content (AvgIpc) is 2.44. The zero-order chi connectivity index (χ0) is 12.5. The molecule has 0 saturated carbocycles. The summed E-state index contributed by atoms with van der Waals surface area (Å²) in [6.07, 6.45) is -0.320. The number of hydrogen-bond donors (Lipinski definition) is 0. The van der Waals surface area contributed by atoms with Crippen LogP contribution in [-0.2, 0) is 13.8 Å². The maximum Gasteiger partial charge on any atom is 0.350 e. The van der Waals surface area contributed by atoms with Gasteiger partial charge in [0.25, 0.3) is 9.05 Å². The summed E-state index contributed by atoms with van der Waals surface area (Å²) in [5.74, 6) is -0.690. The molecule has 1 rings (SSSR count).